The van der Waals surface area contributed by atoms with E-state index in [1.807, 2.05) is 11.8 Å². The van der Waals surface area contributed by atoms with Crippen LogP contribution in [-0.2, 0) is 18.3 Å². The lowest BCUT2D eigenvalue weighted by molar-refractivity contribution is 0.651. The zero-order valence-electron chi connectivity index (χ0n) is 17.5. The van der Waals surface area contributed by atoms with Crippen molar-refractivity contribution in [1.29, 1.82) is 0 Å². The lowest BCUT2D eigenvalue weighted by Crippen LogP contribution is -2.42. The van der Waals surface area contributed by atoms with Gasteiger partial charge in [-0.25, -0.2) is 0 Å². The number of hydrogen-bond acceptors (Lipinski definition) is 2. The molecule has 1 atom stereocenters. The molecule has 2 heterocycles. The van der Waals surface area contributed by atoms with E-state index in [0.717, 1.165) is 25.0 Å². The van der Waals surface area contributed by atoms with Crippen molar-refractivity contribution in [2.45, 2.75) is 57.8 Å². The average Bonchev–Trinajstić information content (AvgIpc) is 3.07. The van der Waals surface area contributed by atoms with Gasteiger partial charge in [-0.15, -0.1) is 11.8 Å². The molecule has 0 saturated heterocycles. The molecule has 148 valence electrons. The Bertz CT molecular complexity index is 1030. The van der Waals surface area contributed by atoms with Crippen molar-refractivity contribution < 1.29 is 0 Å². The number of hydrogen-bond donors (Lipinski definition) is 0. The Labute approximate surface area is 179 Å². The summed E-state index contributed by atoms with van der Waals surface area (Å²) in [5.74, 6) is 1.09. The van der Waals surface area contributed by atoms with E-state index in [1.54, 1.807) is 0 Å². The van der Waals surface area contributed by atoms with Crippen LogP contribution in [0.15, 0.2) is 70.1 Å². The summed E-state index contributed by atoms with van der Waals surface area (Å²) in [5.41, 5.74) is 9.73. The third kappa shape index (κ3) is 3.32. The quantitative estimate of drug-likeness (QED) is 0.515. The van der Waals surface area contributed by atoms with E-state index in [2.05, 4.69) is 68.5 Å². The van der Waals surface area contributed by atoms with Gasteiger partial charge in [0, 0.05) is 10.7 Å². The number of unbranched alkanes of at least 4 members (excludes halogenated alkanes) is 1. The SMILES string of the molecule is CCCCc1ccc(CC23CSC4=C(CCC=C4)C2=Nc2ccc(C)cc23)cc1. The van der Waals surface area contributed by atoms with Crippen LogP contribution in [0.2, 0.25) is 0 Å². The topological polar surface area (TPSA) is 12.4 Å². The molecule has 0 saturated carbocycles. The molecule has 2 aliphatic heterocycles. The molecule has 29 heavy (non-hydrogen) atoms. The number of fused-ring (bicyclic) bond motifs is 4. The van der Waals surface area contributed by atoms with Crippen molar-refractivity contribution in [3.05, 3.63) is 87.3 Å². The third-order valence-electron chi connectivity index (χ3n) is 6.59. The van der Waals surface area contributed by atoms with E-state index in [0.29, 0.717) is 0 Å². The highest BCUT2D eigenvalue weighted by atomic mass is 32.2. The molecule has 2 aromatic rings. The molecule has 2 aromatic carbocycles. The highest BCUT2D eigenvalue weighted by Gasteiger charge is 2.47. The van der Waals surface area contributed by atoms with E-state index in [1.165, 1.54) is 63.4 Å². The second-order valence-electron chi connectivity index (χ2n) is 8.73. The molecule has 5 rings (SSSR count). The zero-order valence-corrected chi connectivity index (χ0v) is 18.3. The van der Waals surface area contributed by atoms with Crippen molar-refractivity contribution >= 4 is 23.2 Å². The van der Waals surface area contributed by atoms with Crippen LogP contribution in [0.5, 0.6) is 0 Å². The van der Waals surface area contributed by atoms with E-state index < -0.39 is 0 Å². The highest BCUT2D eigenvalue weighted by Crippen LogP contribution is 2.52. The maximum Gasteiger partial charge on any atom is 0.0675 e. The second-order valence-corrected chi connectivity index (χ2v) is 9.75. The van der Waals surface area contributed by atoms with Crippen LogP contribution in [0.25, 0.3) is 0 Å². The maximum atomic E-state index is 5.24. The first kappa shape index (κ1) is 18.9. The Morgan fingerprint density at radius 3 is 2.72 bits per heavy atom. The molecule has 0 bridgehead atoms. The Morgan fingerprint density at radius 1 is 1.07 bits per heavy atom. The van der Waals surface area contributed by atoms with Gasteiger partial charge in [-0.3, -0.25) is 4.99 Å². The van der Waals surface area contributed by atoms with Gasteiger partial charge in [-0.05, 0) is 67.4 Å². The third-order valence-corrected chi connectivity index (χ3v) is 7.92. The van der Waals surface area contributed by atoms with Crippen molar-refractivity contribution in [2.75, 3.05) is 5.75 Å². The Balaban J connectivity index is 1.55. The molecule has 3 aliphatic rings. The number of aliphatic imine (C=N–C) groups is 1. The predicted molar refractivity (Wildman–Crippen MR) is 127 cm³/mol. The monoisotopic (exact) mass is 399 g/mol. The fraction of sp³-hybridized carbons (Fsp3) is 0.370. The van der Waals surface area contributed by atoms with Gasteiger partial charge in [-0.2, -0.15) is 0 Å². The molecule has 0 spiro atoms. The second kappa shape index (κ2) is 7.65. The molecule has 0 N–H and O–H groups in total. The van der Waals surface area contributed by atoms with Crippen molar-refractivity contribution in [2.24, 2.45) is 4.99 Å². The van der Waals surface area contributed by atoms with E-state index in [4.69, 9.17) is 4.99 Å². The maximum absolute atomic E-state index is 5.24. The minimum Gasteiger partial charge on any atom is -0.252 e. The number of thioether (sulfide) groups is 1. The number of allylic oxidation sites excluding steroid dienone is 3. The summed E-state index contributed by atoms with van der Waals surface area (Å²) in [6.07, 6.45) is 11.7. The van der Waals surface area contributed by atoms with Crippen LogP contribution in [0.3, 0.4) is 0 Å². The number of rotatable bonds is 5. The first-order valence-corrected chi connectivity index (χ1v) is 12.0. The van der Waals surface area contributed by atoms with Gasteiger partial charge in [0.25, 0.3) is 0 Å². The van der Waals surface area contributed by atoms with Gasteiger partial charge >= 0.3 is 0 Å². The molecular weight excluding hydrogens is 370 g/mol. The van der Waals surface area contributed by atoms with Crippen LogP contribution < -0.4 is 0 Å². The summed E-state index contributed by atoms with van der Waals surface area (Å²) in [6.45, 7) is 4.47. The molecular formula is C27H29NS. The lowest BCUT2D eigenvalue weighted by Gasteiger charge is -2.38. The fourth-order valence-electron chi connectivity index (χ4n) is 4.98. The molecule has 1 unspecified atom stereocenters. The van der Waals surface area contributed by atoms with Gasteiger partial charge in [0.05, 0.1) is 16.8 Å². The summed E-state index contributed by atoms with van der Waals surface area (Å²) in [6, 6.07) is 16.2. The summed E-state index contributed by atoms with van der Waals surface area (Å²) >= 11 is 2.04. The number of aryl methyl sites for hydroxylation is 2. The Morgan fingerprint density at radius 2 is 1.90 bits per heavy atom. The minimum atomic E-state index is 0.0148. The summed E-state index contributed by atoms with van der Waals surface area (Å²) in [4.78, 5) is 6.69. The molecule has 0 fully saturated rings. The number of benzene rings is 2. The molecule has 1 nitrogen and oxygen atoms in total. The fourth-order valence-corrected chi connectivity index (χ4v) is 6.35. The van der Waals surface area contributed by atoms with Crippen molar-refractivity contribution in [3.63, 3.8) is 0 Å². The van der Waals surface area contributed by atoms with Gasteiger partial charge in [0.2, 0.25) is 0 Å². The molecule has 0 amide bonds. The summed E-state index contributed by atoms with van der Waals surface area (Å²) in [7, 11) is 0. The molecule has 0 aromatic heterocycles. The average molecular weight is 400 g/mol. The first-order chi connectivity index (χ1) is 14.2. The van der Waals surface area contributed by atoms with E-state index >= 15 is 0 Å². The Kier molecular flexibility index (Phi) is 4.99. The normalized spacial score (nSPS) is 22.2. The van der Waals surface area contributed by atoms with Gasteiger partial charge in [-0.1, -0.05) is 67.5 Å². The predicted octanol–water partition coefficient (Wildman–Crippen LogP) is 7.26. The van der Waals surface area contributed by atoms with Gasteiger partial charge in [0.15, 0.2) is 0 Å². The van der Waals surface area contributed by atoms with Crippen molar-refractivity contribution in [1.82, 2.24) is 0 Å². The van der Waals surface area contributed by atoms with Crippen LogP contribution in [-0.4, -0.2) is 11.5 Å². The smallest absolute Gasteiger partial charge is 0.0675 e. The van der Waals surface area contributed by atoms with Crippen LogP contribution in [0.4, 0.5) is 5.69 Å². The zero-order chi connectivity index (χ0) is 19.8. The van der Waals surface area contributed by atoms with Crippen LogP contribution >= 0.6 is 11.8 Å². The highest BCUT2D eigenvalue weighted by molar-refractivity contribution is 8.03. The van der Waals surface area contributed by atoms with Gasteiger partial charge < -0.3 is 0 Å². The largest absolute Gasteiger partial charge is 0.252 e. The van der Waals surface area contributed by atoms with Crippen LogP contribution in [0.1, 0.15) is 54.9 Å². The van der Waals surface area contributed by atoms with Gasteiger partial charge in [0.1, 0.15) is 0 Å². The molecule has 0 radical (unpaired) electrons. The van der Waals surface area contributed by atoms with E-state index in [-0.39, 0.29) is 5.41 Å². The minimum absolute atomic E-state index is 0.0148. The van der Waals surface area contributed by atoms with E-state index in [9.17, 15) is 0 Å². The summed E-state index contributed by atoms with van der Waals surface area (Å²) < 4.78 is 0. The van der Waals surface area contributed by atoms with Crippen LogP contribution in [0, 0.1) is 6.92 Å². The molecule has 2 heteroatoms. The van der Waals surface area contributed by atoms with Crippen molar-refractivity contribution in [3.8, 4) is 0 Å². The standard InChI is InChI=1S/C27H29NS/c1-3-4-7-20-11-13-21(14-12-20)17-27-18-29-25-9-6-5-8-22(25)26(27)28-24-15-10-19(2)16-23(24)27/h6,9-16H,3-5,7-8,17-18H2,1-2H3. The summed E-state index contributed by atoms with van der Waals surface area (Å²) in [5, 5.41) is 0. The Hall–Kier alpha value is -2.06. The number of nitrogens with zero attached hydrogens (tertiary/aromatic N) is 1. The first-order valence-electron chi connectivity index (χ1n) is 11.0. The lowest BCUT2D eigenvalue weighted by atomic mass is 9.71. The molecule has 1 aliphatic carbocycles.